The number of unbranched alkanes of at least 4 members (excludes halogenated alkanes) is 2. The lowest BCUT2D eigenvalue weighted by Crippen LogP contribution is -2.15. The molecule has 2 nitrogen and oxygen atoms in total. The first-order valence-corrected chi connectivity index (χ1v) is 6.39. The summed E-state index contributed by atoms with van der Waals surface area (Å²) in [7, 11) is 0. The molecule has 15 heavy (non-hydrogen) atoms. The van der Waals surface area contributed by atoms with E-state index in [-0.39, 0.29) is 0 Å². The van der Waals surface area contributed by atoms with Crippen molar-refractivity contribution in [3.05, 3.63) is 22.9 Å². The Bertz CT molecular complexity index is 289. The zero-order chi connectivity index (χ0) is 11.1. The zero-order valence-corrected chi connectivity index (χ0v) is 11.0. The molecule has 1 N–H and O–H groups in total. The summed E-state index contributed by atoms with van der Waals surface area (Å²) in [6.07, 6.45) is 8.76. The highest BCUT2D eigenvalue weighted by molar-refractivity contribution is 9.10. The van der Waals surface area contributed by atoms with E-state index in [0.717, 1.165) is 10.2 Å². The van der Waals surface area contributed by atoms with Crippen LogP contribution in [-0.2, 0) is 0 Å². The van der Waals surface area contributed by atoms with Crippen molar-refractivity contribution >= 4 is 21.6 Å². The van der Waals surface area contributed by atoms with E-state index in [1.54, 1.807) is 0 Å². The molecule has 0 aromatic carbocycles. The molecule has 0 aliphatic carbocycles. The lowest BCUT2D eigenvalue weighted by molar-refractivity contribution is 0.615. The molecule has 0 bridgehead atoms. The molecule has 1 rings (SSSR count). The van der Waals surface area contributed by atoms with Crippen molar-refractivity contribution in [3.8, 4) is 0 Å². The second-order valence-corrected chi connectivity index (χ2v) is 4.75. The lowest BCUT2D eigenvalue weighted by Gasteiger charge is -2.15. The minimum absolute atomic E-state index is 0.523. The van der Waals surface area contributed by atoms with Crippen molar-refractivity contribution in [2.24, 2.45) is 0 Å². The van der Waals surface area contributed by atoms with Gasteiger partial charge in [0.05, 0.1) is 10.2 Å². The second kappa shape index (κ2) is 6.83. The molecule has 0 amide bonds. The summed E-state index contributed by atoms with van der Waals surface area (Å²) in [5.74, 6) is 0. The van der Waals surface area contributed by atoms with Gasteiger partial charge in [-0.1, -0.05) is 26.2 Å². The monoisotopic (exact) mass is 270 g/mol. The van der Waals surface area contributed by atoms with Gasteiger partial charge in [0.1, 0.15) is 0 Å². The molecule has 0 fully saturated rings. The molecule has 0 saturated carbocycles. The van der Waals surface area contributed by atoms with Gasteiger partial charge < -0.3 is 5.32 Å². The Hall–Kier alpha value is -0.570. The second-order valence-electron chi connectivity index (χ2n) is 3.90. The van der Waals surface area contributed by atoms with Crippen molar-refractivity contribution in [1.82, 2.24) is 4.98 Å². The standard InChI is InChI=1S/C12H19BrN2/c1-3-4-5-6-10(2)15-12-7-8-14-9-11(12)13/h7-10H,3-6H2,1-2H3,(H,14,15). The molecule has 1 aromatic rings. The van der Waals surface area contributed by atoms with E-state index in [1.807, 2.05) is 18.5 Å². The van der Waals surface area contributed by atoms with E-state index in [1.165, 1.54) is 25.7 Å². The van der Waals surface area contributed by atoms with Gasteiger partial charge in [-0.05, 0) is 35.3 Å². The summed E-state index contributed by atoms with van der Waals surface area (Å²) in [6, 6.07) is 2.52. The molecule has 1 aromatic heterocycles. The number of rotatable bonds is 6. The molecular weight excluding hydrogens is 252 g/mol. The first kappa shape index (κ1) is 12.5. The molecule has 1 atom stereocenters. The summed E-state index contributed by atoms with van der Waals surface area (Å²) >= 11 is 3.48. The van der Waals surface area contributed by atoms with Crippen molar-refractivity contribution in [3.63, 3.8) is 0 Å². The average Bonchev–Trinajstić information content (AvgIpc) is 2.22. The van der Waals surface area contributed by atoms with Crippen LogP contribution in [0, 0.1) is 0 Å². The number of hydrogen-bond acceptors (Lipinski definition) is 2. The third-order valence-corrected chi connectivity index (χ3v) is 3.05. The van der Waals surface area contributed by atoms with Gasteiger partial charge in [0.25, 0.3) is 0 Å². The molecule has 0 aliphatic rings. The molecule has 3 heteroatoms. The number of nitrogens with zero attached hydrogens (tertiary/aromatic N) is 1. The molecule has 0 spiro atoms. The molecule has 1 heterocycles. The van der Waals surface area contributed by atoms with Gasteiger partial charge in [0, 0.05) is 18.4 Å². The Kier molecular flexibility index (Phi) is 5.69. The highest BCUT2D eigenvalue weighted by Gasteiger charge is 2.04. The Morgan fingerprint density at radius 2 is 2.27 bits per heavy atom. The SMILES string of the molecule is CCCCCC(C)Nc1ccncc1Br. The number of hydrogen-bond donors (Lipinski definition) is 1. The Morgan fingerprint density at radius 3 is 2.93 bits per heavy atom. The van der Waals surface area contributed by atoms with E-state index in [9.17, 15) is 0 Å². The smallest absolute Gasteiger partial charge is 0.0590 e. The number of pyridine rings is 1. The minimum Gasteiger partial charge on any atom is -0.382 e. The summed E-state index contributed by atoms with van der Waals surface area (Å²) in [5.41, 5.74) is 1.13. The maximum Gasteiger partial charge on any atom is 0.0590 e. The largest absolute Gasteiger partial charge is 0.382 e. The fourth-order valence-corrected chi connectivity index (χ4v) is 1.90. The summed E-state index contributed by atoms with van der Waals surface area (Å²) in [4.78, 5) is 4.04. The van der Waals surface area contributed by atoms with E-state index in [0.29, 0.717) is 6.04 Å². The number of nitrogens with one attached hydrogen (secondary N) is 1. The minimum atomic E-state index is 0.523. The Labute approximate surface area is 101 Å². The Morgan fingerprint density at radius 1 is 1.47 bits per heavy atom. The van der Waals surface area contributed by atoms with Crippen LogP contribution in [0.1, 0.15) is 39.5 Å². The van der Waals surface area contributed by atoms with Gasteiger partial charge in [-0.3, -0.25) is 4.98 Å². The molecule has 0 radical (unpaired) electrons. The number of aromatic nitrogens is 1. The summed E-state index contributed by atoms with van der Waals surface area (Å²) in [6.45, 7) is 4.46. The molecular formula is C12H19BrN2. The predicted octanol–water partition coefficient (Wildman–Crippen LogP) is 4.22. The summed E-state index contributed by atoms with van der Waals surface area (Å²) in [5, 5.41) is 3.48. The van der Waals surface area contributed by atoms with Gasteiger partial charge in [0.2, 0.25) is 0 Å². The lowest BCUT2D eigenvalue weighted by atomic mass is 10.1. The van der Waals surface area contributed by atoms with E-state index in [2.05, 4.69) is 40.1 Å². The summed E-state index contributed by atoms with van der Waals surface area (Å²) < 4.78 is 1.03. The normalized spacial score (nSPS) is 12.5. The fraction of sp³-hybridized carbons (Fsp3) is 0.583. The third-order valence-electron chi connectivity index (χ3n) is 2.42. The number of halogens is 1. The van der Waals surface area contributed by atoms with Crippen LogP contribution in [0.25, 0.3) is 0 Å². The maximum absolute atomic E-state index is 4.04. The highest BCUT2D eigenvalue weighted by atomic mass is 79.9. The van der Waals surface area contributed by atoms with Gasteiger partial charge in [-0.15, -0.1) is 0 Å². The first-order valence-electron chi connectivity index (χ1n) is 5.60. The van der Waals surface area contributed by atoms with Crippen molar-refractivity contribution < 1.29 is 0 Å². The van der Waals surface area contributed by atoms with Crippen LogP contribution in [0.15, 0.2) is 22.9 Å². The van der Waals surface area contributed by atoms with Crippen LogP contribution in [0.2, 0.25) is 0 Å². The van der Waals surface area contributed by atoms with E-state index >= 15 is 0 Å². The van der Waals surface area contributed by atoms with E-state index in [4.69, 9.17) is 0 Å². The topological polar surface area (TPSA) is 24.9 Å². The van der Waals surface area contributed by atoms with Crippen LogP contribution < -0.4 is 5.32 Å². The van der Waals surface area contributed by atoms with Crippen LogP contribution >= 0.6 is 15.9 Å². The average molecular weight is 271 g/mol. The van der Waals surface area contributed by atoms with Crippen LogP contribution in [0.3, 0.4) is 0 Å². The Balaban J connectivity index is 2.37. The van der Waals surface area contributed by atoms with Crippen molar-refractivity contribution in [2.45, 2.75) is 45.6 Å². The predicted molar refractivity (Wildman–Crippen MR) is 69.2 cm³/mol. The van der Waals surface area contributed by atoms with E-state index < -0.39 is 0 Å². The van der Waals surface area contributed by atoms with Crippen molar-refractivity contribution in [2.75, 3.05) is 5.32 Å². The van der Waals surface area contributed by atoms with Gasteiger partial charge in [0.15, 0.2) is 0 Å². The highest BCUT2D eigenvalue weighted by Crippen LogP contribution is 2.21. The maximum atomic E-state index is 4.04. The zero-order valence-electron chi connectivity index (χ0n) is 9.46. The molecule has 0 saturated heterocycles. The third kappa shape index (κ3) is 4.65. The fourth-order valence-electron chi connectivity index (χ4n) is 1.53. The van der Waals surface area contributed by atoms with Gasteiger partial charge >= 0.3 is 0 Å². The van der Waals surface area contributed by atoms with Gasteiger partial charge in [-0.25, -0.2) is 0 Å². The molecule has 1 unspecified atom stereocenters. The van der Waals surface area contributed by atoms with Gasteiger partial charge in [-0.2, -0.15) is 0 Å². The number of anilines is 1. The van der Waals surface area contributed by atoms with Crippen LogP contribution in [0.4, 0.5) is 5.69 Å². The molecule has 0 aliphatic heterocycles. The quantitative estimate of drug-likeness (QED) is 0.783. The first-order chi connectivity index (χ1) is 7.24. The van der Waals surface area contributed by atoms with Crippen molar-refractivity contribution in [1.29, 1.82) is 0 Å². The molecule has 84 valence electrons. The van der Waals surface area contributed by atoms with Crippen LogP contribution in [0.5, 0.6) is 0 Å². The van der Waals surface area contributed by atoms with Crippen LogP contribution in [-0.4, -0.2) is 11.0 Å².